The molecule has 1 amide bonds. The minimum Gasteiger partial charge on any atom is -0.489 e. The summed E-state index contributed by atoms with van der Waals surface area (Å²) in [5, 5.41) is 6.94. The van der Waals surface area contributed by atoms with Crippen LogP contribution in [0.4, 0.5) is 5.82 Å². The van der Waals surface area contributed by atoms with E-state index in [0.29, 0.717) is 23.9 Å². The molecule has 0 unspecified atom stereocenters. The third-order valence-corrected chi connectivity index (χ3v) is 4.10. The van der Waals surface area contributed by atoms with Crippen molar-refractivity contribution < 1.29 is 9.53 Å². The second-order valence-corrected chi connectivity index (χ2v) is 6.54. The fourth-order valence-electron chi connectivity index (χ4n) is 2.59. The standard InChI is InChI=1S/C21H23N3O2/c1-15(2)17-7-9-19(10-8-17)26-14-16-5-4-6-18(13-16)21(25)22-20-11-12-24(3)23-20/h4-13,15H,14H2,1-3H3,(H,22,23,25). The number of aromatic nitrogens is 2. The molecule has 0 aliphatic carbocycles. The van der Waals surface area contributed by atoms with Gasteiger partial charge in [0.15, 0.2) is 5.82 Å². The number of amides is 1. The van der Waals surface area contributed by atoms with Gasteiger partial charge in [0.05, 0.1) is 0 Å². The summed E-state index contributed by atoms with van der Waals surface area (Å²) in [5.74, 6) is 1.66. The van der Waals surface area contributed by atoms with Crippen molar-refractivity contribution in [3.63, 3.8) is 0 Å². The first kappa shape index (κ1) is 17.7. The molecular weight excluding hydrogens is 326 g/mol. The molecule has 0 bridgehead atoms. The van der Waals surface area contributed by atoms with E-state index in [-0.39, 0.29) is 5.91 Å². The SMILES string of the molecule is CC(C)c1ccc(OCc2cccc(C(=O)Nc3ccn(C)n3)c2)cc1. The number of benzene rings is 2. The van der Waals surface area contributed by atoms with Crippen LogP contribution in [0.1, 0.15) is 41.3 Å². The average molecular weight is 349 g/mol. The minimum atomic E-state index is -0.188. The second kappa shape index (κ2) is 7.87. The summed E-state index contributed by atoms with van der Waals surface area (Å²) in [4.78, 5) is 12.3. The maximum absolute atomic E-state index is 12.3. The second-order valence-electron chi connectivity index (χ2n) is 6.54. The average Bonchev–Trinajstić information content (AvgIpc) is 3.05. The van der Waals surface area contributed by atoms with Crippen LogP contribution < -0.4 is 10.1 Å². The fourth-order valence-corrected chi connectivity index (χ4v) is 2.59. The summed E-state index contributed by atoms with van der Waals surface area (Å²) in [6, 6.07) is 17.3. The molecule has 0 aliphatic rings. The smallest absolute Gasteiger partial charge is 0.256 e. The van der Waals surface area contributed by atoms with E-state index in [2.05, 4.69) is 36.4 Å². The van der Waals surface area contributed by atoms with E-state index >= 15 is 0 Å². The fraction of sp³-hybridized carbons (Fsp3) is 0.238. The van der Waals surface area contributed by atoms with Crippen LogP contribution in [-0.4, -0.2) is 15.7 Å². The lowest BCUT2D eigenvalue weighted by molar-refractivity contribution is 0.102. The molecule has 2 aromatic carbocycles. The van der Waals surface area contributed by atoms with E-state index in [4.69, 9.17) is 4.74 Å². The van der Waals surface area contributed by atoms with Gasteiger partial charge >= 0.3 is 0 Å². The molecule has 0 saturated carbocycles. The number of anilines is 1. The monoisotopic (exact) mass is 349 g/mol. The highest BCUT2D eigenvalue weighted by atomic mass is 16.5. The normalized spacial score (nSPS) is 10.8. The zero-order valence-corrected chi connectivity index (χ0v) is 15.3. The number of ether oxygens (including phenoxy) is 1. The summed E-state index contributed by atoms with van der Waals surface area (Å²) in [7, 11) is 1.81. The van der Waals surface area contributed by atoms with Gasteiger partial charge in [-0.3, -0.25) is 9.48 Å². The topological polar surface area (TPSA) is 56.1 Å². The first-order valence-electron chi connectivity index (χ1n) is 8.64. The lowest BCUT2D eigenvalue weighted by Gasteiger charge is -2.10. The predicted octanol–water partition coefficient (Wildman–Crippen LogP) is 4.37. The van der Waals surface area contributed by atoms with Crippen LogP contribution in [0.5, 0.6) is 5.75 Å². The largest absolute Gasteiger partial charge is 0.489 e. The number of aryl methyl sites for hydroxylation is 1. The number of carbonyl (C=O) groups excluding carboxylic acids is 1. The van der Waals surface area contributed by atoms with Crippen molar-refractivity contribution in [2.45, 2.75) is 26.4 Å². The van der Waals surface area contributed by atoms with E-state index in [0.717, 1.165) is 11.3 Å². The molecule has 5 heteroatoms. The minimum absolute atomic E-state index is 0.188. The molecule has 0 fully saturated rings. The summed E-state index contributed by atoms with van der Waals surface area (Å²) in [6.45, 7) is 4.74. The Balaban J connectivity index is 1.62. The van der Waals surface area contributed by atoms with Gasteiger partial charge in [-0.15, -0.1) is 0 Å². The van der Waals surface area contributed by atoms with E-state index in [9.17, 15) is 4.79 Å². The molecule has 1 aromatic heterocycles. The molecule has 134 valence electrons. The van der Waals surface area contributed by atoms with Crippen molar-refractivity contribution in [2.24, 2.45) is 7.05 Å². The van der Waals surface area contributed by atoms with Gasteiger partial charge in [0.1, 0.15) is 12.4 Å². The summed E-state index contributed by atoms with van der Waals surface area (Å²) in [6.07, 6.45) is 1.78. The molecule has 1 heterocycles. The predicted molar refractivity (Wildman–Crippen MR) is 102 cm³/mol. The maximum atomic E-state index is 12.3. The van der Waals surface area contributed by atoms with Gasteiger partial charge in [0.2, 0.25) is 0 Å². The Morgan fingerprint density at radius 2 is 1.92 bits per heavy atom. The highest BCUT2D eigenvalue weighted by Gasteiger charge is 2.09. The molecule has 3 rings (SSSR count). The van der Waals surface area contributed by atoms with Crippen molar-refractivity contribution in [3.05, 3.63) is 77.5 Å². The molecule has 0 radical (unpaired) electrons. The van der Waals surface area contributed by atoms with Crippen molar-refractivity contribution in [1.29, 1.82) is 0 Å². The lowest BCUT2D eigenvalue weighted by atomic mass is 10.0. The Kier molecular flexibility index (Phi) is 5.37. The first-order valence-corrected chi connectivity index (χ1v) is 8.64. The maximum Gasteiger partial charge on any atom is 0.256 e. The van der Waals surface area contributed by atoms with Crippen LogP contribution in [0.25, 0.3) is 0 Å². The van der Waals surface area contributed by atoms with Gasteiger partial charge in [0, 0.05) is 24.9 Å². The van der Waals surface area contributed by atoms with Crippen molar-refractivity contribution in [2.75, 3.05) is 5.32 Å². The molecule has 1 N–H and O–H groups in total. The number of nitrogens with one attached hydrogen (secondary N) is 1. The molecule has 0 spiro atoms. The van der Waals surface area contributed by atoms with E-state index in [1.54, 1.807) is 30.1 Å². The molecule has 0 saturated heterocycles. The number of rotatable bonds is 6. The number of hydrogen-bond acceptors (Lipinski definition) is 3. The third-order valence-electron chi connectivity index (χ3n) is 4.10. The molecule has 3 aromatic rings. The Hall–Kier alpha value is -3.08. The molecule has 0 atom stereocenters. The highest BCUT2D eigenvalue weighted by Crippen LogP contribution is 2.19. The highest BCUT2D eigenvalue weighted by molar-refractivity contribution is 6.03. The van der Waals surface area contributed by atoms with E-state index < -0.39 is 0 Å². The van der Waals surface area contributed by atoms with Crippen molar-refractivity contribution >= 4 is 11.7 Å². The van der Waals surface area contributed by atoms with E-state index in [1.165, 1.54) is 5.56 Å². The zero-order valence-electron chi connectivity index (χ0n) is 15.3. The van der Waals surface area contributed by atoms with Crippen LogP contribution >= 0.6 is 0 Å². The summed E-state index contributed by atoms with van der Waals surface area (Å²) < 4.78 is 7.48. The van der Waals surface area contributed by atoms with Crippen LogP contribution in [-0.2, 0) is 13.7 Å². The van der Waals surface area contributed by atoms with Crippen molar-refractivity contribution in [1.82, 2.24) is 9.78 Å². The molecular formula is C21H23N3O2. The van der Waals surface area contributed by atoms with Gasteiger partial charge in [-0.2, -0.15) is 5.10 Å². The van der Waals surface area contributed by atoms with Gasteiger partial charge in [-0.05, 0) is 41.3 Å². The molecule has 5 nitrogen and oxygen atoms in total. The molecule has 0 aliphatic heterocycles. The van der Waals surface area contributed by atoms with E-state index in [1.807, 2.05) is 30.3 Å². The Labute approximate surface area is 153 Å². The van der Waals surface area contributed by atoms with Crippen LogP contribution in [0.2, 0.25) is 0 Å². The van der Waals surface area contributed by atoms with Gasteiger partial charge < -0.3 is 10.1 Å². The van der Waals surface area contributed by atoms with Crippen molar-refractivity contribution in [3.8, 4) is 5.75 Å². The number of carbonyl (C=O) groups is 1. The van der Waals surface area contributed by atoms with Gasteiger partial charge in [-0.1, -0.05) is 38.1 Å². The van der Waals surface area contributed by atoms with Crippen LogP contribution in [0.3, 0.4) is 0 Å². The van der Waals surface area contributed by atoms with Gasteiger partial charge in [-0.25, -0.2) is 0 Å². The first-order chi connectivity index (χ1) is 12.5. The number of hydrogen-bond donors (Lipinski definition) is 1. The lowest BCUT2D eigenvalue weighted by Crippen LogP contribution is -2.13. The number of nitrogens with zero attached hydrogens (tertiary/aromatic N) is 2. The Morgan fingerprint density at radius 3 is 2.58 bits per heavy atom. The zero-order chi connectivity index (χ0) is 18.5. The van der Waals surface area contributed by atoms with Crippen LogP contribution in [0.15, 0.2) is 60.8 Å². The summed E-state index contributed by atoms with van der Waals surface area (Å²) in [5.41, 5.74) is 2.80. The Morgan fingerprint density at radius 1 is 1.15 bits per heavy atom. The molecule has 26 heavy (non-hydrogen) atoms. The summed E-state index contributed by atoms with van der Waals surface area (Å²) >= 11 is 0. The third kappa shape index (κ3) is 4.51. The quantitative estimate of drug-likeness (QED) is 0.719. The van der Waals surface area contributed by atoms with Gasteiger partial charge in [0.25, 0.3) is 5.91 Å². The Bertz CT molecular complexity index is 882. The van der Waals surface area contributed by atoms with Crippen LogP contribution in [0, 0.1) is 0 Å².